The van der Waals surface area contributed by atoms with Gasteiger partial charge in [-0.3, -0.25) is 9.59 Å². The summed E-state index contributed by atoms with van der Waals surface area (Å²) in [5, 5.41) is 3.28. The van der Waals surface area contributed by atoms with Gasteiger partial charge in [0.15, 0.2) is 0 Å². The number of nitrogens with zero attached hydrogens (tertiary/aromatic N) is 1. The lowest BCUT2D eigenvalue weighted by Crippen LogP contribution is -2.52. The maximum absolute atomic E-state index is 12.4. The minimum absolute atomic E-state index is 0.0804. The highest BCUT2D eigenvalue weighted by molar-refractivity contribution is 6.31. The predicted molar refractivity (Wildman–Crippen MR) is 84.6 cm³/mol. The molecule has 1 N–H and O–H groups in total. The molecule has 1 aromatic carbocycles. The van der Waals surface area contributed by atoms with E-state index >= 15 is 0 Å². The second kappa shape index (κ2) is 7.61. The zero-order chi connectivity index (χ0) is 16.1. The molecule has 5 nitrogen and oxygen atoms in total. The van der Waals surface area contributed by atoms with Crippen molar-refractivity contribution < 1.29 is 14.3 Å². The second-order valence-electron chi connectivity index (χ2n) is 5.47. The second-order valence-corrected chi connectivity index (χ2v) is 5.88. The molecule has 1 heterocycles. The van der Waals surface area contributed by atoms with Crippen molar-refractivity contribution >= 4 is 23.4 Å². The molecule has 1 saturated heterocycles. The van der Waals surface area contributed by atoms with Crippen LogP contribution in [0.2, 0.25) is 5.02 Å². The van der Waals surface area contributed by atoms with Crippen LogP contribution in [0.25, 0.3) is 0 Å². The van der Waals surface area contributed by atoms with E-state index in [4.69, 9.17) is 16.3 Å². The van der Waals surface area contributed by atoms with Crippen LogP contribution in [-0.4, -0.2) is 42.5 Å². The van der Waals surface area contributed by atoms with Gasteiger partial charge in [-0.2, -0.15) is 0 Å². The van der Waals surface area contributed by atoms with Crippen LogP contribution in [0.1, 0.15) is 31.9 Å². The lowest BCUT2D eigenvalue weighted by Gasteiger charge is -2.35. The van der Waals surface area contributed by atoms with Crippen molar-refractivity contribution in [1.82, 2.24) is 10.2 Å². The minimum Gasteiger partial charge on any atom is -0.378 e. The van der Waals surface area contributed by atoms with E-state index in [1.165, 1.54) is 0 Å². The Morgan fingerprint density at radius 3 is 2.86 bits per heavy atom. The van der Waals surface area contributed by atoms with E-state index in [-0.39, 0.29) is 24.3 Å². The van der Waals surface area contributed by atoms with Crippen molar-refractivity contribution in [2.75, 3.05) is 19.7 Å². The van der Waals surface area contributed by atoms with Crippen LogP contribution >= 0.6 is 11.6 Å². The maximum atomic E-state index is 12.4. The fourth-order valence-corrected chi connectivity index (χ4v) is 2.71. The van der Waals surface area contributed by atoms with E-state index in [1.54, 1.807) is 23.1 Å². The first-order valence-electron chi connectivity index (χ1n) is 7.44. The topological polar surface area (TPSA) is 58.6 Å². The molecule has 0 radical (unpaired) electrons. The van der Waals surface area contributed by atoms with Gasteiger partial charge in [0, 0.05) is 23.7 Å². The summed E-state index contributed by atoms with van der Waals surface area (Å²) >= 11 is 6.20. The predicted octanol–water partition coefficient (Wildman–Crippen LogP) is 2.15. The fourth-order valence-electron chi connectivity index (χ4n) is 2.47. The summed E-state index contributed by atoms with van der Waals surface area (Å²) in [6.45, 7) is 5.12. The van der Waals surface area contributed by atoms with E-state index in [1.807, 2.05) is 19.9 Å². The molecule has 0 saturated carbocycles. The Balaban J connectivity index is 2.15. The molecule has 6 heteroatoms. The largest absolute Gasteiger partial charge is 0.378 e. The first-order valence-corrected chi connectivity index (χ1v) is 7.81. The van der Waals surface area contributed by atoms with Crippen LogP contribution < -0.4 is 5.32 Å². The van der Waals surface area contributed by atoms with Gasteiger partial charge in [0.1, 0.15) is 6.04 Å². The maximum Gasteiger partial charge on any atom is 0.247 e. The van der Waals surface area contributed by atoms with Crippen LogP contribution in [-0.2, 0) is 14.3 Å². The van der Waals surface area contributed by atoms with Crippen LogP contribution in [0.5, 0.6) is 0 Å². The Kier molecular flexibility index (Phi) is 5.80. The Hall–Kier alpha value is -1.59. The molecule has 0 aliphatic carbocycles. The highest BCUT2D eigenvalue weighted by atomic mass is 35.5. The number of halogens is 1. The van der Waals surface area contributed by atoms with Gasteiger partial charge in [-0.1, -0.05) is 29.8 Å². The number of ether oxygens (including phenoxy) is 1. The Bertz CT molecular complexity index is 548. The van der Waals surface area contributed by atoms with E-state index < -0.39 is 6.04 Å². The molecule has 1 aliphatic rings. The summed E-state index contributed by atoms with van der Waals surface area (Å²) in [5.41, 5.74) is 0.652. The molecule has 1 atom stereocenters. The first-order chi connectivity index (χ1) is 10.5. The fraction of sp³-hybridized carbons (Fsp3) is 0.500. The number of hydrogen-bond donors (Lipinski definition) is 1. The summed E-state index contributed by atoms with van der Waals surface area (Å²) < 4.78 is 5.42. The number of rotatable bonds is 5. The van der Waals surface area contributed by atoms with Gasteiger partial charge in [0.2, 0.25) is 11.8 Å². The molecule has 2 rings (SSSR count). The number of carbonyl (C=O) groups is 2. The summed E-state index contributed by atoms with van der Waals surface area (Å²) in [7, 11) is 0. The molecule has 0 aromatic heterocycles. The summed E-state index contributed by atoms with van der Waals surface area (Å²) in [4.78, 5) is 26.3. The molecule has 0 bridgehead atoms. The van der Waals surface area contributed by atoms with Crippen molar-refractivity contribution in [2.45, 2.75) is 32.4 Å². The highest BCUT2D eigenvalue weighted by Crippen LogP contribution is 2.29. The number of benzene rings is 1. The van der Waals surface area contributed by atoms with Crippen molar-refractivity contribution in [3.63, 3.8) is 0 Å². The summed E-state index contributed by atoms with van der Waals surface area (Å²) in [6.07, 6.45) is 0.337. The Labute approximate surface area is 135 Å². The van der Waals surface area contributed by atoms with Crippen molar-refractivity contribution in [2.24, 2.45) is 0 Å². The molecule has 1 aliphatic heterocycles. The summed E-state index contributed by atoms with van der Waals surface area (Å²) in [6, 6.07) is 6.45. The molecule has 1 unspecified atom stereocenters. The quantitative estimate of drug-likeness (QED) is 0.903. The zero-order valence-corrected chi connectivity index (χ0v) is 13.6. The number of piperazine rings is 1. The Morgan fingerprint density at radius 1 is 1.45 bits per heavy atom. The normalized spacial score (nSPS) is 18.5. The summed E-state index contributed by atoms with van der Waals surface area (Å²) in [5.74, 6) is -0.294. The monoisotopic (exact) mass is 324 g/mol. The highest BCUT2D eigenvalue weighted by Gasteiger charge is 2.35. The van der Waals surface area contributed by atoms with Gasteiger partial charge in [0.05, 0.1) is 19.1 Å². The van der Waals surface area contributed by atoms with Crippen molar-refractivity contribution in [3.8, 4) is 0 Å². The molecule has 22 heavy (non-hydrogen) atoms. The average molecular weight is 325 g/mol. The first kappa shape index (κ1) is 16.8. The lowest BCUT2D eigenvalue weighted by molar-refractivity contribution is -0.144. The van der Waals surface area contributed by atoms with Gasteiger partial charge in [0.25, 0.3) is 0 Å². The third-order valence-corrected chi connectivity index (χ3v) is 3.84. The lowest BCUT2D eigenvalue weighted by atomic mass is 10.0. The van der Waals surface area contributed by atoms with Crippen molar-refractivity contribution in [1.29, 1.82) is 0 Å². The molecule has 1 aromatic rings. The zero-order valence-electron chi connectivity index (χ0n) is 12.8. The number of nitrogens with one attached hydrogen (secondary N) is 1. The Morgan fingerprint density at radius 2 is 2.18 bits per heavy atom. The van der Waals surface area contributed by atoms with E-state index in [9.17, 15) is 9.59 Å². The SMILES string of the molecule is CC(C)OCCC(=O)N1CCNC(=O)C1c1ccccc1Cl. The van der Waals surface area contributed by atoms with Crippen LogP contribution in [0.4, 0.5) is 0 Å². The van der Waals surface area contributed by atoms with Crippen LogP contribution in [0.3, 0.4) is 0 Å². The molecular weight excluding hydrogens is 304 g/mol. The van der Waals surface area contributed by atoms with Crippen LogP contribution in [0, 0.1) is 0 Å². The molecular formula is C16H21ClN2O3. The van der Waals surface area contributed by atoms with Gasteiger partial charge in [-0.05, 0) is 19.9 Å². The van der Waals surface area contributed by atoms with E-state index in [0.29, 0.717) is 30.3 Å². The van der Waals surface area contributed by atoms with E-state index in [0.717, 1.165) is 0 Å². The smallest absolute Gasteiger partial charge is 0.247 e. The van der Waals surface area contributed by atoms with Gasteiger partial charge < -0.3 is 15.0 Å². The van der Waals surface area contributed by atoms with Crippen LogP contribution in [0.15, 0.2) is 24.3 Å². The van der Waals surface area contributed by atoms with Crippen molar-refractivity contribution in [3.05, 3.63) is 34.9 Å². The standard InChI is InChI=1S/C16H21ClN2O3/c1-11(2)22-10-7-14(20)19-9-8-18-16(21)15(19)12-5-3-4-6-13(12)17/h3-6,11,15H,7-10H2,1-2H3,(H,18,21). The van der Waals surface area contributed by atoms with Gasteiger partial charge in [-0.25, -0.2) is 0 Å². The number of amides is 2. The van der Waals surface area contributed by atoms with Gasteiger partial charge >= 0.3 is 0 Å². The average Bonchev–Trinajstić information content (AvgIpc) is 2.47. The molecule has 2 amide bonds. The number of carbonyl (C=O) groups excluding carboxylic acids is 2. The molecule has 1 fully saturated rings. The van der Waals surface area contributed by atoms with E-state index in [2.05, 4.69) is 5.32 Å². The third kappa shape index (κ3) is 3.99. The molecule has 0 spiro atoms. The van der Waals surface area contributed by atoms with Gasteiger partial charge in [-0.15, -0.1) is 0 Å². The third-order valence-electron chi connectivity index (χ3n) is 3.50. The molecule has 120 valence electrons. The number of hydrogen-bond acceptors (Lipinski definition) is 3. The minimum atomic E-state index is -0.672.